The van der Waals surface area contributed by atoms with Gasteiger partial charge in [0.1, 0.15) is 9.23 Å². The summed E-state index contributed by atoms with van der Waals surface area (Å²) in [7, 11) is 0. The Hall–Kier alpha value is -1.59. The Balaban J connectivity index is 1.99. The van der Waals surface area contributed by atoms with Crippen molar-refractivity contribution in [2.45, 2.75) is 26.7 Å². The number of unbranched alkanes of at least 4 members (excludes halogenated alkanes) is 1. The predicted molar refractivity (Wildman–Crippen MR) is 102 cm³/mol. The number of carbonyl (C=O) groups excluding carboxylic acids is 1. The van der Waals surface area contributed by atoms with E-state index in [-0.39, 0.29) is 5.91 Å². The van der Waals surface area contributed by atoms with Crippen LogP contribution in [0.15, 0.2) is 40.9 Å². The zero-order valence-electron chi connectivity index (χ0n) is 13.4. The van der Waals surface area contributed by atoms with Gasteiger partial charge in [-0.2, -0.15) is 0 Å². The van der Waals surface area contributed by atoms with Crippen LogP contribution >= 0.6 is 24.0 Å². The minimum atomic E-state index is 0.0472. The molecule has 0 unspecified atom stereocenters. The smallest absolute Gasteiger partial charge is 0.268 e. The molecule has 3 nitrogen and oxygen atoms in total. The molecule has 0 saturated carbocycles. The lowest BCUT2D eigenvalue weighted by atomic mass is 10.1. The van der Waals surface area contributed by atoms with Crippen molar-refractivity contribution in [2.75, 3.05) is 18.0 Å². The molecule has 2 aliphatic heterocycles. The SMILES string of the molecule is CCCCN1C(=O)C(=C2C=Cc3ccccc3N2CC)SC1=S. The molecule has 23 heavy (non-hydrogen) atoms. The van der Waals surface area contributed by atoms with E-state index in [1.807, 2.05) is 18.2 Å². The van der Waals surface area contributed by atoms with Gasteiger partial charge in [0.15, 0.2) is 0 Å². The van der Waals surface area contributed by atoms with Gasteiger partial charge in [0, 0.05) is 18.8 Å². The summed E-state index contributed by atoms with van der Waals surface area (Å²) in [6, 6.07) is 8.26. The van der Waals surface area contributed by atoms with E-state index in [1.165, 1.54) is 17.3 Å². The highest BCUT2D eigenvalue weighted by Gasteiger charge is 2.35. The van der Waals surface area contributed by atoms with Gasteiger partial charge in [0.05, 0.1) is 5.70 Å². The zero-order valence-corrected chi connectivity index (χ0v) is 15.0. The maximum absolute atomic E-state index is 12.8. The van der Waals surface area contributed by atoms with Crippen LogP contribution in [-0.2, 0) is 4.79 Å². The molecule has 3 rings (SSSR count). The largest absolute Gasteiger partial charge is 0.340 e. The molecule has 2 heterocycles. The van der Waals surface area contributed by atoms with E-state index in [0.717, 1.165) is 35.7 Å². The van der Waals surface area contributed by atoms with Gasteiger partial charge in [-0.3, -0.25) is 9.69 Å². The number of nitrogens with zero attached hydrogens (tertiary/aromatic N) is 2. The van der Waals surface area contributed by atoms with E-state index in [9.17, 15) is 4.79 Å². The highest BCUT2D eigenvalue weighted by Crippen LogP contribution is 2.39. The van der Waals surface area contributed by atoms with Crippen LogP contribution in [0.2, 0.25) is 0 Å². The number of hydrogen-bond acceptors (Lipinski definition) is 4. The average molecular weight is 345 g/mol. The first-order chi connectivity index (χ1) is 11.2. The van der Waals surface area contributed by atoms with Crippen molar-refractivity contribution < 1.29 is 4.79 Å². The molecule has 0 aliphatic carbocycles. The molecule has 0 aromatic heterocycles. The first-order valence-corrected chi connectivity index (χ1v) is 9.22. The van der Waals surface area contributed by atoms with Gasteiger partial charge in [-0.05, 0) is 31.1 Å². The molecule has 120 valence electrons. The van der Waals surface area contributed by atoms with Crippen LogP contribution in [-0.4, -0.2) is 28.2 Å². The van der Waals surface area contributed by atoms with Gasteiger partial charge >= 0.3 is 0 Å². The van der Waals surface area contributed by atoms with Gasteiger partial charge in [0.2, 0.25) is 0 Å². The van der Waals surface area contributed by atoms with Gasteiger partial charge in [-0.1, -0.05) is 61.6 Å². The first kappa shape index (κ1) is 16.3. The fourth-order valence-corrected chi connectivity index (χ4v) is 4.23. The first-order valence-electron chi connectivity index (χ1n) is 8.00. The Bertz CT molecular complexity index is 709. The number of rotatable bonds is 4. The maximum atomic E-state index is 12.8. The molecule has 1 aromatic carbocycles. The fourth-order valence-electron chi connectivity index (χ4n) is 2.86. The Morgan fingerprint density at radius 2 is 1.91 bits per heavy atom. The van der Waals surface area contributed by atoms with E-state index in [2.05, 4.69) is 37.0 Å². The molecule has 0 N–H and O–H groups in total. The number of thiocarbonyl (C=S) groups is 1. The molecular weight excluding hydrogens is 324 g/mol. The Kier molecular flexibility index (Phi) is 4.87. The summed E-state index contributed by atoms with van der Waals surface area (Å²) in [6.07, 6.45) is 6.15. The van der Waals surface area contributed by atoms with Crippen LogP contribution in [0.3, 0.4) is 0 Å². The van der Waals surface area contributed by atoms with Crippen LogP contribution in [0, 0.1) is 0 Å². The highest BCUT2D eigenvalue weighted by atomic mass is 32.2. The van der Waals surface area contributed by atoms with Gasteiger partial charge < -0.3 is 4.90 Å². The number of hydrogen-bond donors (Lipinski definition) is 0. The Labute approximate surface area is 147 Å². The van der Waals surface area contributed by atoms with E-state index in [4.69, 9.17) is 12.2 Å². The Morgan fingerprint density at radius 1 is 1.13 bits per heavy atom. The summed E-state index contributed by atoms with van der Waals surface area (Å²) in [5, 5.41) is 0. The molecule has 1 amide bonds. The van der Waals surface area contributed by atoms with Crippen LogP contribution in [0.1, 0.15) is 32.3 Å². The van der Waals surface area contributed by atoms with Crippen molar-refractivity contribution in [1.29, 1.82) is 0 Å². The van der Waals surface area contributed by atoms with E-state index in [1.54, 1.807) is 4.90 Å². The molecule has 0 spiro atoms. The highest BCUT2D eigenvalue weighted by molar-refractivity contribution is 8.26. The van der Waals surface area contributed by atoms with Gasteiger partial charge in [-0.25, -0.2) is 0 Å². The lowest BCUT2D eigenvalue weighted by Crippen LogP contribution is -2.31. The second kappa shape index (κ2) is 6.89. The van der Waals surface area contributed by atoms with Crippen molar-refractivity contribution in [3.63, 3.8) is 0 Å². The molecule has 1 aromatic rings. The monoisotopic (exact) mass is 344 g/mol. The zero-order chi connectivity index (χ0) is 16.4. The number of amides is 1. The molecule has 1 saturated heterocycles. The molecule has 0 radical (unpaired) electrons. The fraction of sp³-hybridized carbons (Fsp3) is 0.333. The predicted octanol–water partition coefficient (Wildman–Crippen LogP) is 4.41. The molecular formula is C18H20N2OS2. The normalized spacial score (nSPS) is 20.4. The van der Waals surface area contributed by atoms with Gasteiger partial charge in [-0.15, -0.1) is 0 Å². The third kappa shape index (κ3) is 2.95. The van der Waals surface area contributed by atoms with Gasteiger partial charge in [0.25, 0.3) is 5.91 Å². The quantitative estimate of drug-likeness (QED) is 0.596. The van der Waals surface area contributed by atoms with E-state index in [0.29, 0.717) is 10.9 Å². The molecule has 5 heteroatoms. The summed E-state index contributed by atoms with van der Waals surface area (Å²) in [6.45, 7) is 5.75. The summed E-state index contributed by atoms with van der Waals surface area (Å²) in [5.41, 5.74) is 3.29. The van der Waals surface area contributed by atoms with Crippen molar-refractivity contribution in [2.24, 2.45) is 0 Å². The standard InChI is InChI=1S/C18H20N2OS2/c1-3-5-12-20-17(21)16(23-18(20)22)15-11-10-13-8-6-7-9-14(13)19(15)4-2/h6-11H,3-5,12H2,1-2H3. The number of fused-ring (bicyclic) bond motifs is 1. The Morgan fingerprint density at radius 3 is 2.65 bits per heavy atom. The van der Waals surface area contributed by atoms with Crippen LogP contribution in [0.25, 0.3) is 6.08 Å². The van der Waals surface area contributed by atoms with Crippen LogP contribution in [0.4, 0.5) is 5.69 Å². The second-order valence-electron chi connectivity index (χ2n) is 5.53. The van der Waals surface area contributed by atoms with Crippen molar-refractivity contribution in [1.82, 2.24) is 4.90 Å². The second-order valence-corrected chi connectivity index (χ2v) is 7.17. The number of likely N-dealkylation sites (N-methyl/N-ethyl adjacent to an activating group) is 1. The number of carbonyl (C=O) groups is 1. The minimum absolute atomic E-state index is 0.0472. The molecule has 0 bridgehead atoms. The third-order valence-corrected chi connectivity index (χ3v) is 5.53. The lowest BCUT2D eigenvalue weighted by Gasteiger charge is -2.30. The number of allylic oxidation sites excluding steroid dienone is 1. The summed E-state index contributed by atoms with van der Waals surface area (Å²) >= 11 is 6.85. The summed E-state index contributed by atoms with van der Waals surface area (Å²) in [5.74, 6) is 0.0472. The van der Waals surface area contributed by atoms with Crippen LogP contribution in [0.5, 0.6) is 0 Å². The number of thioether (sulfide) groups is 1. The summed E-state index contributed by atoms with van der Waals surface area (Å²) in [4.78, 5) is 17.5. The average Bonchev–Trinajstić information content (AvgIpc) is 2.86. The van der Waals surface area contributed by atoms with Crippen LogP contribution < -0.4 is 4.90 Å². The number of anilines is 1. The third-order valence-electron chi connectivity index (χ3n) is 4.07. The van der Waals surface area contributed by atoms with E-state index < -0.39 is 0 Å². The number of benzene rings is 1. The van der Waals surface area contributed by atoms with E-state index >= 15 is 0 Å². The molecule has 2 aliphatic rings. The summed E-state index contributed by atoms with van der Waals surface area (Å²) < 4.78 is 0.675. The maximum Gasteiger partial charge on any atom is 0.268 e. The molecule has 0 atom stereocenters. The number of para-hydroxylation sites is 1. The van der Waals surface area contributed by atoms with Crippen molar-refractivity contribution in [3.8, 4) is 0 Å². The molecule has 1 fully saturated rings. The van der Waals surface area contributed by atoms with Crippen molar-refractivity contribution in [3.05, 3.63) is 46.5 Å². The van der Waals surface area contributed by atoms with Crippen molar-refractivity contribution >= 4 is 46.0 Å². The lowest BCUT2D eigenvalue weighted by molar-refractivity contribution is -0.122. The minimum Gasteiger partial charge on any atom is -0.340 e. The topological polar surface area (TPSA) is 23.6 Å².